The van der Waals surface area contributed by atoms with Gasteiger partial charge in [-0.25, -0.2) is 0 Å². The van der Waals surface area contributed by atoms with Crippen molar-refractivity contribution in [1.29, 1.82) is 0 Å². The maximum absolute atomic E-state index is 12.5. The van der Waals surface area contributed by atoms with Crippen LogP contribution in [0.5, 0.6) is 0 Å². The fraction of sp³-hybridized carbons (Fsp3) is 0.350. The van der Waals surface area contributed by atoms with Gasteiger partial charge in [0.2, 0.25) is 5.91 Å². The van der Waals surface area contributed by atoms with Gasteiger partial charge in [0.15, 0.2) is 0 Å². The van der Waals surface area contributed by atoms with Gasteiger partial charge in [-0.05, 0) is 37.5 Å². The van der Waals surface area contributed by atoms with Crippen LogP contribution < -0.4 is 5.32 Å². The van der Waals surface area contributed by atoms with E-state index in [0.717, 1.165) is 33.4 Å². The number of hydrogen-bond acceptors (Lipinski definition) is 3. The third-order valence-corrected chi connectivity index (χ3v) is 4.79. The molecule has 1 N–H and O–H groups in total. The Morgan fingerprint density at radius 1 is 1.24 bits per heavy atom. The zero-order chi connectivity index (χ0) is 18.0. The molecule has 1 unspecified atom stereocenters. The molecule has 5 nitrogen and oxygen atoms in total. The number of benzene rings is 1. The van der Waals surface area contributed by atoms with Crippen molar-refractivity contribution in [3.8, 4) is 0 Å². The molecule has 130 valence electrons. The van der Waals surface area contributed by atoms with Crippen molar-refractivity contribution in [2.45, 2.75) is 33.7 Å². The second-order valence-electron chi connectivity index (χ2n) is 6.59. The first-order valence-electron chi connectivity index (χ1n) is 8.56. The molecule has 0 radical (unpaired) electrons. The number of hydrogen-bond donors (Lipinski definition) is 1. The topological polar surface area (TPSA) is 59.8 Å². The minimum atomic E-state index is -0.107. The van der Waals surface area contributed by atoms with Crippen LogP contribution in [-0.4, -0.2) is 20.7 Å². The lowest BCUT2D eigenvalue weighted by Gasteiger charge is -2.13. The maximum atomic E-state index is 12.5. The smallest absolute Gasteiger partial charge is 0.223 e. The summed E-state index contributed by atoms with van der Waals surface area (Å²) in [7, 11) is 1.93. The van der Waals surface area contributed by atoms with E-state index in [-0.39, 0.29) is 11.8 Å². The Morgan fingerprint density at radius 2 is 2.00 bits per heavy atom. The first-order valence-corrected chi connectivity index (χ1v) is 8.56. The fourth-order valence-electron chi connectivity index (χ4n) is 3.18. The lowest BCUT2D eigenvalue weighted by Crippen LogP contribution is -2.30. The molecule has 0 saturated heterocycles. The molecule has 0 aliphatic rings. The van der Waals surface area contributed by atoms with Gasteiger partial charge in [-0.15, -0.1) is 0 Å². The summed E-state index contributed by atoms with van der Waals surface area (Å²) in [5.41, 5.74) is 5.26. The van der Waals surface area contributed by atoms with E-state index in [2.05, 4.69) is 15.4 Å². The van der Waals surface area contributed by atoms with Crippen LogP contribution >= 0.6 is 0 Å². The number of carbonyl (C=O) groups is 1. The molecule has 1 atom stereocenters. The number of amides is 1. The van der Waals surface area contributed by atoms with Gasteiger partial charge in [0.1, 0.15) is 0 Å². The predicted octanol–water partition coefficient (Wildman–Crippen LogP) is 3.08. The summed E-state index contributed by atoms with van der Waals surface area (Å²) < 4.78 is 1.87. The van der Waals surface area contributed by atoms with Crippen LogP contribution in [0.4, 0.5) is 0 Å². The van der Waals surface area contributed by atoms with Gasteiger partial charge < -0.3 is 5.32 Å². The molecule has 2 heterocycles. The van der Waals surface area contributed by atoms with Gasteiger partial charge in [0.05, 0.1) is 11.2 Å². The normalized spacial score (nSPS) is 12.3. The number of nitrogens with zero attached hydrogens (tertiary/aromatic N) is 3. The van der Waals surface area contributed by atoms with Crippen molar-refractivity contribution in [2.75, 3.05) is 0 Å². The molecule has 0 bridgehead atoms. The summed E-state index contributed by atoms with van der Waals surface area (Å²) in [5, 5.41) is 8.57. The number of nitrogens with one attached hydrogen (secondary N) is 1. The molecule has 2 aromatic heterocycles. The Balaban J connectivity index is 1.67. The monoisotopic (exact) mass is 336 g/mol. The number of para-hydroxylation sites is 1. The number of carbonyl (C=O) groups excluding carboxylic acids is 1. The molecule has 1 amide bonds. The van der Waals surface area contributed by atoms with Crippen LogP contribution in [0, 0.1) is 19.8 Å². The Hall–Kier alpha value is -2.69. The van der Waals surface area contributed by atoms with Crippen molar-refractivity contribution >= 4 is 16.8 Å². The van der Waals surface area contributed by atoms with Crippen LogP contribution in [-0.2, 0) is 24.8 Å². The highest BCUT2D eigenvalue weighted by Crippen LogP contribution is 2.18. The molecule has 0 saturated carbocycles. The number of aryl methyl sites for hydroxylation is 2. The van der Waals surface area contributed by atoms with Gasteiger partial charge in [-0.1, -0.05) is 31.2 Å². The number of fused-ring (bicyclic) bond motifs is 1. The van der Waals surface area contributed by atoms with Crippen molar-refractivity contribution in [1.82, 2.24) is 20.1 Å². The van der Waals surface area contributed by atoms with Crippen LogP contribution in [0.3, 0.4) is 0 Å². The lowest BCUT2D eigenvalue weighted by molar-refractivity contribution is -0.124. The molecule has 3 aromatic rings. The average molecular weight is 336 g/mol. The zero-order valence-corrected chi connectivity index (χ0v) is 15.2. The van der Waals surface area contributed by atoms with E-state index < -0.39 is 0 Å². The highest BCUT2D eigenvalue weighted by molar-refractivity contribution is 5.83. The molecule has 0 aliphatic heterocycles. The summed E-state index contributed by atoms with van der Waals surface area (Å²) in [6, 6.07) is 9.99. The SMILES string of the molecule is Cc1nn(C)c(C)c1CC(C)C(=O)NCc1cccc2cccnc12. The van der Waals surface area contributed by atoms with E-state index in [1.807, 2.05) is 62.8 Å². The lowest BCUT2D eigenvalue weighted by atomic mass is 9.98. The Labute approximate surface area is 148 Å². The van der Waals surface area contributed by atoms with Gasteiger partial charge in [-0.2, -0.15) is 5.10 Å². The highest BCUT2D eigenvalue weighted by atomic mass is 16.1. The van der Waals surface area contributed by atoms with Crippen LogP contribution in [0.25, 0.3) is 10.9 Å². The fourth-order valence-corrected chi connectivity index (χ4v) is 3.18. The molecule has 3 rings (SSSR count). The Bertz CT molecular complexity index is 908. The second kappa shape index (κ2) is 7.05. The van der Waals surface area contributed by atoms with Gasteiger partial charge >= 0.3 is 0 Å². The number of pyridine rings is 1. The standard InChI is InChI=1S/C20H24N4O/c1-13(11-18-14(2)23-24(4)15(18)3)20(25)22-12-17-8-5-7-16-9-6-10-21-19(16)17/h5-10,13H,11-12H2,1-4H3,(H,22,25). The van der Waals surface area contributed by atoms with E-state index in [0.29, 0.717) is 13.0 Å². The maximum Gasteiger partial charge on any atom is 0.223 e. The third kappa shape index (κ3) is 3.55. The van der Waals surface area contributed by atoms with Gasteiger partial charge in [0.25, 0.3) is 0 Å². The van der Waals surface area contributed by atoms with Crippen LogP contribution in [0.15, 0.2) is 36.5 Å². The van der Waals surface area contributed by atoms with E-state index >= 15 is 0 Å². The summed E-state index contributed by atoms with van der Waals surface area (Å²) >= 11 is 0. The molecule has 0 aliphatic carbocycles. The minimum absolute atomic E-state index is 0.0515. The quantitative estimate of drug-likeness (QED) is 0.779. The second-order valence-corrected chi connectivity index (χ2v) is 6.59. The molecule has 0 fully saturated rings. The Morgan fingerprint density at radius 3 is 2.72 bits per heavy atom. The summed E-state index contributed by atoms with van der Waals surface area (Å²) in [4.78, 5) is 17.0. The average Bonchev–Trinajstić information content (AvgIpc) is 2.85. The molecule has 5 heteroatoms. The highest BCUT2D eigenvalue weighted by Gasteiger charge is 2.18. The van der Waals surface area contributed by atoms with Crippen molar-refractivity contribution in [2.24, 2.45) is 13.0 Å². The molecular formula is C20H24N4O. The van der Waals surface area contributed by atoms with E-state index in [1.54, 1.807) is 6.20 Å². The predicted molar refractivity (Wildman–Crippen MR) is 99.1 cm³/mol. The summed E-state index contributed by atoms with van der Waals surface area (Å²) in [5.74, 6) is -0.0554. The van der Waals surface area contributed by atoms with E-state index in [4.69, 9.17) is 0 Å². The Kier molecular flexibility index (Phi) is 4.83. The van der Waals surface area contributed by atoms with Gasteiger partial charge in [0, 0.05) is 36.8 Å². The van der Waals surface area contributed by atoms with Crippen LogP contribution in [0.1, 0.15) is 29.4 Å². The van der Waals surface area contributed by atoms with Gasteiger partial charge in [-0.3, -0.25) is 14.5 Å². The van der Waals surface area contributed by atoms with Crippen molar-refractivity contribution in [3.05, 3.63) is 59.0 Å². The molecule has 1 aromatic carbocycles. The largest absolute Gasteiger partial charge is 0.352 e. The zero-order valence-electron chi connectivity index (χ0n) is 15.2. The minimum Gasteiger partial charge on any atom is -0.352 e. The van der Waals surface area contributed by atoms with E-state index in [1.165, 1.54) is 0 Å². The van der Waals surface area contributed by atoms with E-state index in [9.17, 15) is 4.79 Å². The molecule has 25 heavy (non-hydrogen) atoms. The first kappa shape index (κ1) is 17.1. The summed E-state index contributed by atoms with van der Waals surface area (Å²) in [6.45, 7) is 6.49. The number of rotatable bonds is 5. The molecule has 0 spiro atoms. The number of aromatic nitrogens is 3. The van der Waals surface area contributed by atoms with Crippen LogP contribution in [0.2, 0.25) is 0 Å². The summed E-state index contributed by atoms with van der Waals surface area (Å²) in [6.07, 6.45) is 2.48. The molecular weight excluding hydrogens is 312 g/mol. The third-order valence-electron chi connectivity index (χ3n) is 4.79. The first-order chi connectivity index (χ1) is 12.0. The van der Waals surface area contributed by atoms with Crippen molar-refractivity contribution in [3.63, 3.8) is 0 Å². The van der Waals surface area contributed by atoms with Crippen molar-refractivity contribution < 1.29 is 4.79 Å².